The second-order valence-corrected chi connectivity index (χ2v) is 8.66. The fraction of sp³-hybridized carbons (Fsp3) is 0.438. The molecule has 2 aromatic rings. The molecule has 3 rings (SSSR count). The summed E-state index contributed by atoms with van der Waals surface area (Å²) in [6, 6.07) is 10.3. The van der Waals surface area contributed by atoms with Gasteiger partial charge in [-0.1, -0.05) is 30.3 Å². The molecular formula is C16H21N3O2S2. The molecule has 5 nitrogen and oxygen atoms in total. The Morgan fingerprint density at radius 3 is 2.61 bits per heavy atom. The number of benzene rings is 1. The van der Waals surface area contributed by atoms with Crippen LogP contribution in [0.15, 0.2) is 35.7 Å². The molecule has 1 aromatic heterocycles. The summed E-state index contributed by atoms with van der Waals surface area (Å²) >= 11 is 1.68. The van der Waals surface area contributed by atoms with Crippen molar-refractivity contribution in [3.8, 4) is 11.3 Å². The Morgan fingerprint density at radius 2 is 1.96 bits per heavy atom. The summed E-state index contributed by atoms with van der Waals surface area (Å²) < 4.78 is 25.3. The lowest BCUT2D eigenvalue weighted by Crippen LogP contribution is -2.43. The van der Waals surface area contributed by atoms with E-state index in [-0.39, 0.29) is 6.04 Å². The van der Waals surface area contributed by atoms with Crippen LogP contribution < -0.4 is 4.72 Å². The molecule has 1 aliphatic rings. The second-order valence-electron chi connectivity index (χ2n) is 5.93. The molecule has 124 valence electrons. The lowest BCUT2D eigenvalue weighted by molar-refractivity contribution is 0.200. The van der Waals surface area contributed by atoms with Gasteiger partial charge in [-0.3, -0.25) is 4.90 Å². The van der Waals surface area contributed by atoms with Crippen molar-refractivity contribution in [3.63, 3.8) is 0 Å². The van der Waals surface area contributed by atoms with Gasteiger partial charge in [0, 0.05) is 30.1 Å². The number of nitrogens with one attached hydrogen (secondary N) is 1. The van der Waals surface area contributed by atoms with Crippen molar-refractivity contribution in [3.05, 3.63) is 40.7 Å². The number of sulfonamides is 1. The Hall–Kier alpha value is -1.28. The third-order valence-corrected chi connectivity index (χ3v) is 5.54. The Labute approximate surface area is 141 Å². The Kier molecular flexibility index (Phi) is 5.11. The number of nitrogens with zero attached hydrogens (tertiary/aromatic N) is 2. The lowest BCUT2D eigenvalue weighted by atomic mass is 10.1. The fourth-order valence-corrected chi connectivity index (χ4v) is 4.51. The average Bonchev–Trinajstić information content (AvgIpc) is 2.97. The van der Waals surface area contributed by atoms with E-state index in [0.717, 1.165) is 48.7 Å². The predicted molar refractivity (Wildman–Crippen MR) is 93.8 cm³/mol. The van der Waals surface area contributed by atoms with Crippen LogP contribution in [0.1, 0.15) is 17.8 Å². The van der Waals surface area contributed by atoms with Crippen LogP contribution in [-0.2, 0) is 16.6 Å². The molecule has 1 saturated heterocycles. The number of thiazole rings is 1. The molecule has 1 N–H and O–H groups in total. The van der Waals surface area contributed by atoms with E-state index in [1.54, 1.807) is 11.3 Å². The average molecular weight is 351 g/mol. The van der Waals surface area contributed by atoms with Crippen LogP contribution >= 0.6 is 11.3 Å². The van der Waals surface area contributed by atoms with E-state index in [4.69, 9.17) is 4.98 Å². The fourth-order valence-electron chi connectivity index (χ4n) is 2.83. The van der Waals surface area contributed by atoms with Crippen molar-refractivity contribution in [2.24, 2.45) is 0 Å². The molecule has 0 aliphatic carbocycles. The first-order valence-electron chi connectivity index (χ1n) is 7.69. The van der Waals surface area contributed by atoms with Crippen molar-refractivity contribution in [1.82, 2.24) is 14.6 Å². The first-order valence-corrected chi connectivity index (χ1v) is 10.5. The highest BCUT2D eigenvalue weighted by Crippen LogP contribution is 2.23. The van der Waals surface area contributed by atoms with Gasteiger partial charge in [-0.15, -0.1) is 11.3 Å². The van der Waals surface area contributed by atoms with Gasteiger partial charge in [0.05, 0.1) is 18.5 Å². The molecule has 23 heavy (non-hydrogen) atoms. The molecule has 0 radical (unpaired) electrons. The van der Waals surface area contributed by atoms with Gasteiger partial charge in [0.1, 0.15) is 5.01 Å². The minimum Gasteiger partial charge on any atom is -0.297 e. The van der Waals surface area contributed by atoms with Gasteiger partial charge in [0.25, 0.3) is 0 Å². The van der Waals surface area contributed by atoms with E-state index < -0.39 is 10.0 Å². The normalized spacial score (nSPS) is 17.4. The number of hydrogen-bond acceptors (Lipinski definition) is 5. The van der Waals surface area contributed by atoms with Crippen molar-refractivity contribution < 1.29 is 8.42 Å². The maximum absolute atomic E-state index is 11.3. The zero-order chi connectivity index (χ0) is 16.3. The van der Waals surface area contributed by atoms with Gasteiger partial charge in [0.2, 0.25) is 10.0 Å². The molecule has 0 amide bonds. The van der Waals surface area contributed by atoms with Crippen LogP contribution in [-0.4, -0.2) is 43.7 Å². The van der Waals surface area contributed by atoms with Gasteiger partial charge in [0.15, 0.2) is 0 Å². The summed E-state index contributed by atoms with van der Waals surface area (Å²) in [6.07, 6.45) is 2.92. The molecule has 7 heteroatoms. The molecule has 1 aromatic carbocycles. The molecule has 1 fully saturated rings. The molecule has 2 heterocycles. The first kappa shape index (κ1) is 16.6. The van der Waals surface area contributed by atoms with Crippen LogP contribution in [0, 0.1) is 0 Å². The van der Waals surface area contributed by atoms with Gasteiger partial charge in [-0.05, 0) is 12.8 Å². The van der Waals surface area contributed by atoms with Crippen molar-refractivity contribution in [1.29, 1.82) is 0 Å². The first-order chi connectivity index (χ1) is 11.0. The largest absolute Gasteiger partial charge is 0.297 e. The SMILES string of the molecule is CS(=O)(=O)NC1CCN(Cc2nc(-c3ccccc3)cs2)CC1. The van der Waals surface area contributed by atoms with Crippen LogP contribution in [0.3, 0.4) is 0 Å². The predicted octanol–water partition coefficient (Wildman–Crippen LogP) is 2.32. The van der Waals surface area contributed by atoms with Crippen molar-refractivity contribution >= 4 is 21.4 Å². The summed E-state index contributed by atoms with van der Waals surface area (Å²) in [5, 5.41) is 3.21. The third-order valence-electron chi connectivity index (χ3n) is 3.95. The van der Waals surface area contributed by atoms with Crippen LogP contribution in [0.25, 0.3) is 11.3 Å². The molecule has 1 aliphatic heterocycles. The van der Waals surface area contributed by atoms with E-state index in [0.29, 0.717) is 0 Å². The number of hydrogen-bond donors (Lipinski definition) is 1. The maximum Gasteiger partial charge on any atom is 0.208 e. The van der Waals surface area contributed by atoms with Crippen LogP contribution in [0.4, 0.5) is 0 Å². The smallest absolute Gasteiger partial charge is 0.208 e. The van der Waals surface area contributed by atoms with Gasteiger partial charge in [-0.25, -0.2) is 18.1 Å². The van der Waals surface area contributed by atoms with Crippen LogP contribution in [0.2, 0.25) is 0 Å². The van der Waals surface area contributed by atoms with E-state index in [1.807, 2.05) is 18.2 Å². The summed E-state index contributed by atoms with van der Waals surface area (Å²) in [7, 11) is -3.11. The number of rotatable bonds is 5. The Bertz CT molecular complexity index is 736. The molecule has 0 saturated carbocycles. The number of likely N-dealkylation sites (tertiary alicyclic amines) is 1. The standard InChI is InChI=1S/C16H21N3O2S2/c1-23(20,21)18-14-7-9-19(10-8-14)11-16-17-15(12-22-16)13-5-3-2-4-6-13/h2-6,12,14,18H,7-11H2,1H3. The van der Waals surface area contributed by atoms with E-state index >= 15 is 0 Å². The molecule has 0 spiro atoms. The summed E-state index contributed by atoms with van der Waals surface area (Å²) in [5.41, 5.74) is 2.17. The lowest BCUT2D eigenvalue weighted by Gasteiger charge is -2.31. The zero-order valence-electron chi connectivity index (χ0n) is 13.1. The highest BCUT2D eigenvalue weighted by Gasteiger charge is 2.22. The Morgan fingerprint density at radius 1 is 1.26 bits per heavy atom. The van der Waals surface area contributed by atoms with Gasteiger partial charge in [-0.2, -0.15) is 0 Å². The summed E-state index contributed by atoms with van der Waals surface area (Å²) in [6.45, 7) is 2.63. The topological polar surface area (TPSA) is 62.3 Å². The maximum atomic E-state index is 11.3. The third kappa shape index (κ3) is 4.84. The highest BCUT2D eigenvalue weighted by atomic mass is 32.2. The molecule has 0 unspecified atom stereocenters. The zero-order valence-corrected chi connectivity index (χ0v) is 14.7. The Balaban J connectivity index is 1.54. The van der Waals surface area contributed by atoms with Crippen molar-refractivity contribution in [2.75, 3.05) is 19.3 Å². The van der Waals surface area contributed by atoms with E-state index in [1.165, 1.54) is 6.26 Å². The highest BCUT2D eigenvalue weighted by molar-refractivity contribution is 7.88. The molecule has 0 bridgehead atoms. The molecule has 0 atom stereocenters. The monoisotopic (exact) mass is 351 g/mol. The van der Waals surface area contributed by atoms with Gasteiger partial charge >= 0.3 is 0 Å². The quantitative estimate of drug-likeness (QED) is 0.898. The van der Waals surface area contributed by atoms with E-state index in [2.05, 4.69) is 27.1 Å². The summed E-state index contributed by atoms with van der Waals surface area (Å²) in [4.78, 5) is 7.06. The second kappa shape index (κ2) is 7.09. The number of aromatic nitrogens is 1. The summed E-state index contributed by atoms with van der Waals surface area (Å²) in [5.74, 6) is 0. The van der Waals surface area contributed by atoms with Gasteiger partial charge < -0.3 is 0 Å². The van der Waals surface area contributed by atoms with Crippen LogP contribution in [0.5, 0.6) is 0 Å². The minimum atomic E-state index is -3.11. The number of piperidine rings is 1. The van der Waals surface area contributed by atoms with Crippen molar-refractivity contribution in [2.45, 2.75) is 25.4 Å². The molecular weight excluding hydrogens is 330 g/mol. The minimum absolute atomic E-state index is 0.0671. The van der Waals surface area contributed by atoms with E-state index in [9.17, 15) is 8.42 Å².